The van der Waals surface area contributed by atoms with Crippen LogP contribution in [0.3, 0.4) is 0 Å². The number of fused-ring (bicyclic) bond motifs is 3. The number of nitrogens with zero attached hydrogens (tertiary/aromatic N) is 2. The highest BCUT2D eigenvalue weighted by Gasteiger charge is 2.58. The molecule has 2 aliphatic rings. The third-order valence-corrected chi connectivity index (χ3v) is 9.12. The lowest BCUT2D eigenvalue weighted by Gasteiger charge is -2.36. The van der Waals surface area contributed by atoms with Gasteiger partial charge >= 0.3 is 5.97 Å². The van der Waals surface area contributed by atoms with Crippen LogP contribution in [0.4, 0.5) is 0 Å². The molecule has 2 aliphatic heterocycles. The Labute approximate surface area is 192 Å². The molecule has 0 aliphatic carbocycles. The number of carbonyl (C=O) groups excluding carboxylic acids is 1. The highest BCUT2D eigenvalue weighted by molar-refractivity contribution is 7.89. The number of benzene rings is 2. The Hall–Kier alpha value is -2.52. The van der Waals surface area contributed by atoms with Crippen LogP contribution in [0, 0.1) is 6.92 Å². The summed E-state index contributed by atoms with van der Waals surface area (Å²) in [4.78, 5) is 16.1. The minimum atomic E-state index is -3.93. The van der Waals surface area contributed by atoms with Gasteiger partial charge in [-0.2, -0.15) is 4.31 Å². The van der Waals surface area contributed by atoms with Crippen molar-refractivity contribution in [2.24, 2.45) is 0 Å². The molecule has 1 saturated heterocycles. The van der Waals surface area contributed by atoms with E-state index in [2.05, 4.69) is 0 Å². The smallest absolute Gasteiger partial charge is 0.325 e. The van der Waals surface area contributed by atoms with E-state index in [0.717, 1.165) is 28.0 Å². The molecule has 8 heteroatoms. The van der Waals surface area contributed by atoms with Crippen LogP contribution < -0.4 is 0 Å². The minimum absolute atomic E-state index is 0.221. The van der Waals surface area contributed by atoms with Crippen LogP contribution in [0.5, 0.6) is 0 Å². The van der Waals surface area contributed by atoms with Crippen LogP contribution in [0.1, 0.15) is 33.8 Å². The summed E-state index contributed by atoms with van der Waals surface area (Å²) in [5.74, 6) is -0.422. The Bertz CT molecular complexity index is 1240. The number of rotatable bonds is 4. The van der Waals surface area contributed by atoms with Gasteiger partial charge in [0.05, 0.1) is 18.0 Å². The summed E-state index contributed by atoms with van der Waals surface area (Å²) in [5.41, 5.74) is 3.01. The molecule has 0 bridgehead atoms. The van der Waals surface area contributed by atoms with Gasteiger partial charge in [-0.15, -0.1) is 11.3 Å². The van der Waals surface area contributed by atoms with Crippen molar-refractivity contribution in [2.45, 2.75) is 36.5 Å². The fraction of sp³-hybridized carbons (Fsp3) is 0.292. The lowest BCUT2D eigenvalue weighted by molar-refractivity contribution is -0.147. The average Bonchev–Trinajstić information content (AvgIpc) is 3.45. The number of esters is 1. The van der Waals surface area contributed by atoms with Crippen LogP contribution in [0.15, 0.2) is 70.9 Å². The Balaban J connectivity index is 1.75. The third-order valence-electron chi connectivity index (χ3n) is 6.33. The number of hydrogen-bond acceptors (Lipinski definition) is 6. The van der Waals surface area contributed by atoms with Gasteiger partial charge in [-0.3, -0.25) is 9.69 Å². The second kappa shape index (κ2) is 8.12. The van der Waals surface area contributed by atoms with Crippen molar-refractivity contribution < 1.29 is 17.9 Å². The zero-order valence-corrected chi connectivity index (χ0v) is 19.5. The summed E-state index contributed by atoms with van der Waals surface area (Å²) in [7, 11) is -2.57. The Morgan fingerprint density at radius 3 is 2.50 bits per heavy atom. The van der Waals surface area contributed by atoms with Gasteiger partial charge in [-0.25, -0.2) is 8.42 Å². The molecule has 0 amide bonds. The van der Waals surface area contributed by atoms with Gasteiger partial charge in [0.15, 0.2) is 0 Å². The first-order chi connectivity index (χ1) is 15.4. The summed E-state index contributed by atoms with van der Waals surface area (Å²) >= 11 is 1.46. The zero-order valence-electron chi connectivity index (χ0n) is 17.8. The molecule has 6 nitrogen and oxygen atoms in total. The molecular formula is C24H24N2O4S2. The summed E-state index contributed by atoms with van der Waals surface area (Å²) < 4.78 is 35.0. The van der Waals surface area contributed by atoms with Crippen LogP contribution in [-0.4, -0.2) is 43.3 Å². The van der Waals surface area contributed by atoms with Gasteiger partial charge < -0.3 is 4.74 Å². The number of ether oxygens (including phenoxy) is 1. The standard InChI is InChI=1S/C24H24N2O4S2/c1-16-9-11-18(12-10-16)32(28,29)26-21(20-8-5-15-31-20)22(24(27)30-2)25-14-13-17-6-3-4-7-19(17)23(25)26/h3-12,15,21-23H,13-14H2,1-2H3/t21-,22+,23+/m0/s1. The maximum Gasteiger partial charge on any atom is 0.325 e. The van der Waals surface area contributed by atoms with Crippen molar-refractivity contribution in [2.75, 3.05) is 13.7 Å². The normalized spacial score (nSPS) is 23.5. The first-order valence-electron chi connectivity index (χ1n) is 10.5. The summed E-state index contributed by atoms with van der Waals surface area (Å²) in [6, 6.07) is 17.2. The van der Waals surface area contributed by atoms with Gasteiger partial charge in [0.2, 0.25) is 10.0 Å². The quantitative estimate of drug-likeness (QED) is 0.544. The van der Waals surface area contributed by atoms with E-state index in [1.807, 2.05) is 53.6 Å². The molecular weight excluding hydrogens is 444 g/mol. The van der Waals surface area contributed by atoms with Gasteiger partial charge in [-0.05, 0) is 48.1 Å². The van der Waals surface area contributed by atoms with E-state index in [1.54, 1.807) is 24.3 Å². The van der Waals surface area contributed by atoms with Crippen LogP contribution in [0.25, 0.3) is 0 Å². The SMILES string of the molecule is COC(=O)[C@H]1[C@H](c2cccs2)N(S(=O)(=O)c2ccc(C)cc2)[C@@H]2c3ccccc3CCN21. The molecule has 1 fully saturated rings. The lowest BCUT2D eigenvalue weighted by atomic mass is 9.97. The second-order valence-electron chi connectivity index (χ2n) is 8.14. The number of sulfonamides is 1. The fourth-order valence-corrected chi connectivity index (χ4v) is 7.52. The van der Waals surface area contributed by atoms with Gasteiger partial charge in [0.1, 0.15) is 12.2 Å². The number of aryl methyl sites for hydroxylation is 1. The summed E-state index contributed by atoms with van der Waals surface area (Å²) in [6.45, 7) is 2.50. The van der Waals surface area contributed by atoms with E-state index in [9.17, 15) is 13.2 Å². The van der Waals surface area contributed by atoms with E-state index < -0.39 is 34.2 Å². The largest absolute Gasteiger partial charge is 0.468 e. The molecule has 3 atom stereocenters. The molecule has 2 aromatic carbocycles. The molecule has 5 rings (SSSR count). The predicted molar refractivity (Wildman–Crippen MR) is 123 cm³/mol. The highest BCUT2D eigenvalue weighted by Crippen LogP contribution is 2.51. The molecule has 3 aromatic rings. The Morgan fingerprint density at radius 2 is 1.81 bits per heavy atom. The zero-order chi connectivity index (χ0) is 22.5. The van der Waals surface area contributed by atoms with E-state index in [-0.39, 0.29) is 4.90 Å². The van der Waals surface area contributed by atoms with Crippen molar-refractivity contribution in [3.05, 3.63) is 87.6 Å². The monoisotopic (exact) mass is 468 g/mol. The van der Waals surface area contributed by atoms with Crippen LogP contribution in [0.2, 0.25) is 0 Å². The number of methoxy groups -OCH3 is 1. The molecule has 0 saturated carbocycles. The number of hydrogen-bond donors (Lipinski definition) is 0. The minimum Gasteiger partial charge on any atom is -0.468 e. The topological polar surface area (TPSA) is 66.9 Å². The fourth-order valence-electron chi connectivity index (χ4n) is 4.85. The van der Waals surface area contributed by atoms with E-state index in [1.165, 1.54) is 22.8 Å². The number of carbonyl (C=O) groups is 1. The van der Waals surface area contributed by atoms with Crippen molar-refractivity contribution in [3.8, 4) is 0 Å². The predicted octanol–water partition coefficient (Wildman–Crippen LogP) is 3.90. The van der Waals surface area contributed by atoms with Crippen molar-refractivity contribution in [1.29, 1.82) is 0 Å². The lowest BCUT2D eigenvalue weighted by Crippen LogP contribution is -2.43. The Morgan fingerprint density at radius 1 is 1.06 bits per heavy atom. The first-order valence-corrected chi connectivity index (χ1v) is 12.8. The maximum atomic E-state index is 14.1. The molecule has 0 radical (unpaired) electrons. The van der Waals surface area contributed by atoms with Crippen molar-refractivity contribution >= 4 is 27.3 Å². The molecule has 0 unspecified atom stereocenters. The molecule has 1 aromatic heterocycles. The van der Waals surface area contributed by atoms with Crippen molar-refractivity contribution in [3.63, 3.8) is 0 Å². The van der Waals surface area contributed by atoms with Crippen LogP contribution >= 0.6 is 11.3 Å². The Kier molecular flexibility index (Phi) is 5.41. The molecule has 3 heterocycles. The van der Waals surface area contributed by atoms with E-state index >= 15 is 0 Å². The van der Waals surface area contributed by atoms with E-state index in [0.29, 0.717) is 6.54 Å². The average molecular weight is 469 g/mol. The third kappa shape index (κ3) is 3.29. The molecule has 32 heavy (non-hydrogen) atoms. The molecule has 0 spiro atoms. The van der Waals surface area contributed by atoms with Gasteiger partial charge in [0.25, 0.3) is 0 Å². The van der Waals surface area contributed by atoms with Gasteiger partial charge in [0, 0.05) is 11.4 Å². The highest BCUT2D eigenvalue weighted by atomic mass is 32.2. The van der Waals surface area contributed by atoms with E-state index in [4.69, 9.17) is 4.74 Å². The summed E-state index contributed by atoms with van der Waals surface area (Å²) in [6.07, 6.45) is 0.165. The molecule has 166 valence electrons. The van der Waals surface area contributed by atoms with Crippen LogP contribution in [-0.2, 0) is 26.0 Å². The van der Waals surface area contributed by atoms with Gasteiger partial charge in [-0.1, -0.05) is 48.0 Å². The van der Waals surface area contributed by atoms with Crippen molar-refractivity contribution in [1.82, 2.24) is 9.21 Å². The molecule has 0 N–H and O–H groups in total. The second-order valence-corrected chi connectivity index (χ2v) is 11.0. The maximum absolute atomic E-state index is 14.1. The number of thiophene rings is 1. The summed E-state index contributed by atoms with van der Waals surface area (Å²) in [5, 5.41) is 1.91. The first kappa shape index (κ1) is 21.3.